The fraction of sp³-hybridized carbons (Fsp3) is 0.267. The number of rotatable bonds is 4. The SMILES string of the molecule is Cc1cccc(S(=O)(=O)CC(=O)c2cc(C)sc2C)c1. The van der Waals surface area contributed by atoms with E-state index in [0.29, 0.717) is 5.56 Å². The quantitative estimate of drug-likeness (QED) is 0.814. The first-order valence-corrected chi connectivity index (χ1v) is 8.66. The number of Topliss-reactive ketones (excluding diaryl/α,β-unsaturated/α-hetero) is 1. The topological polar surface area (TPSA) is 51.2 Å². The van der Waals surface area contributed by atoms with Crippen LogP contribution in [0.3, 0.4) is 0 Å². The molecule has 0 fully saturated rings. The van der Waals surface area contributed by atoms with Gasteiger partial charge in [-0.25, -0.2) is 8.42 Å². The maximum absolute atomic E-state index is 12.3. The van der Waals surface area contributed by atoms with Crippen molar-refractivity contribution >= 4 is 27.0 Å². The molecule has 0 spiro atoms. The summed E-state index contributed by atoms with van der Waals surface area (Å²) in [5, 5.41) is 0. The summed E-state index contributed by atoms with van der Waals surface area (Å²) in [6.45, 7) is 5.57. The summed E-state index contributed by atoms with van der Waals surface area (Å²) in [4.78, 5) is 14.3. The number of benzene rings is 1. The second-order valence-electron chi connectivity index (χ2n) is 4.83. The highest BCUT2D eigenvalue weighted by Gasteiger charge is 2.22. The highest BCUT2D eigenvalue weighted by molar-refractivity contribution is 7.92. The van der Waals surface area contributed by atoms with Crippen LogP contribution in [0.1, 0.15) is 25.7 Å². The first-order valence-electron chi connectivity index (χ1n) is 6.19. The smallest absolute Gasteiger partial charge is 0.185 e. The monoisotopic (exact) mass is 308 g/mol. The minimum Gasteiger partial charge on any atom is -0.293 e. The van der Waals surface area contributed by atoms with Crippen LogP contribution in [0, 0.1) is 20.8 Å². The van der Waals surface area contributed by atoms with Crippen molar-refractivity contribution in [2.24, 2.45) is 0 Å². The molecule has 0 saturated heterocycles. The van der Waals surface area contributed by atoms with Crippen molar-refractivity contribution in [3.8, 4) is 0 Å². The van der Waals surface area contributed by atoms with E-state index >= 15 is 0 Å². The molecule has 1 aromatic carbocycles. The zero-order chi connectivity index (χ0) is 14.9. The summed E-state index contributed by atoms with van der Waals surface area (Å²) >= 11 is 1.51. The van der Waals surface area contributed by atoms with Crippen molar-refractivity contribution in [1.82, 2.24) is 0 Å². The summed E-state index contributed by atoms with van der Waals surface area (Å²) in [6.07, 6.45) is 0. The average Bonchev–Trinajstić information content (AvgIpc) is 2.68. The number of aryl methyl sites for hydroxylation is 3. The highest BCUT2D eigenvalue weighted by Crippen LogP contribution is 2.22. The molecule has 106 valence electrons. The van der Waals surface area contributed by atoms with Gasteiger partial charge in [0.25, 0.3) is 0 Å². The molecule has 20 heavy (non-hydrogen) atoms. The van der Waals surface area contributed by atoms with Gasteiger partial charge < -0.3 is 0 Å². The van der Waals surface area contributed by atoms with Crippen molar-refractivity contribution in [1.29, 1.82) is 0 Å². The Bertz CT molecular complexity index is 755. The number of hydrogen-bond donors (Lipinski definition) is 0. The Morgan fingerprint density at radius 3 is 2.40 bits per heavy atom. The Morgan fingerprint density at radius 1 is 1.15 bits per heavy atom. The van der Waals surface area contributed by atoms with E-state index in [-0.39, 0.29) is 10.7 Å². The van der Waals surface area contributed by atoms with Crippen LogP contribution in [0.5, 0.6) is 0 Å². The number of carbonyl (C=O) groups is 1. The molecule has 1 aromatic heterocycles. The predicted octanol–water partition coefficient (Wildman–Crippen LogP) is 3.33. The highest BCUT2D eigenvalue weighted by atomic mass is 32.2. The average molecular weight is 308 g/mol. The van der Waals surface area contributed by atoms with E-state index in [9.17, 15) is 13.2 Å². The Balaban J connectivity index is 2.29. The molecule has 5 heteroatoms. The van der Waals surface area contributed by atoms with E-state index in [1.807, 2.05) is 26.8 Å². The minimum absolute atomic E-state index is 0.204. The molecule has 3 nitrogen and oxygen atoms in total. The van der Waals surface area contributed by atoms with Crippen molar-refractivity contribution in [2.45, 2.75) is 25.7 Å². The van der Waals surface area contributed by atoms with Crippen molar-refractivity contribution in [3.05, 3.63) is 51.2 Å². The van der Waals surface area contributed by atoms with Crippen LogP contribution in [0.15, 0.2) is 35.2 Å². The molecule has 0 aliphatic rings. The van der Waals surface area contributed by atoms with Crippen LogP contribution in [-0.2, 0) is 9.84 Å². The third-order valence-corrected chi connectivity index (χ3v) is 5.59. The maximum Gasteiger partial charge on any atom is 0.185 e. The van der Waals surface area contributed by atoms with Crippen LogP contribution in [0.25, 0.3) is 0 Å². The van der Waals surface area contributed by atoms with E-state index in [4.69, 9.17) is 0 Å². The molecule has 0 unspecified atom stereocenters. The minimum atomic E-state index is -3.58. The molecular formula is C15H16O3S2. The van der Waals surface area contributed by atoms with E-state index in [1.54, 1.807) is 18.2 Å². The van der Waals surface area contributed by atoms with Crippen LogP contribution in [-0.4, -0.2) is 20.0 Å². The Labute approximate surface area is 123 Å². The molecule has 0 bridgehead atoms. The molecule has 0 radical (unpaired) electrons. The number of ketones is 1. The number of hydrogen-bond acceptors (Lipinski definition) is 4. The molecule has 0 aliphatic heterocycles. The lowest BCUT2D eigenvalue weighted by Gasteiger charge is -2.04. The van der Waals surface area contributed by atoms with Crippen molar-refractivity contribution in [3.63, 3.8) is 0 Å². The molecular weight excluding hydrogens is 292 g/mol. The summed E-state index contributed by atoms with van der Waals surface area (Å²) in [5.41, 5.74) is 1.38. The third kappa shape index (κ3) is 3.16. The summed E-state index contributed by atoms with van der Waals surface area (Å²) in [6, 6.07) is 8.39. The van der Waals surface area contributed by atoms with Gasteiger partial charge in [-0.15, -0.1) is 11.3 Å². The van der Waals surface area contributed by atoms with Crippen LogP contribution in [0.2, 0.25) is 0 Å². The Kier molecular flexibility index (Phi) is 4.11. The van der Waals surface area contributed by atoms with Gasteiger partial charge in [0.1, 0.15) is 5.75 Å². The Hall–Kier alpha value is -1.46. The molecule has 0 amide bonds. The lowest BCUT2D eigenvalue weighted by atomic mass is 10.2. The molecule has 2 rings (SSSR count). The lowest BCUT2D eigenvalue weighted by Crippen LogP contribution is -2.16. The van der Waals surface area contributed by atoms with Gasteiger partial charge in [-0.2, -0.15) is 0 Å². The predicted molar refractivity (Wildman–Crippen MR) is 81.4 cm³/mol. The van der Waals surface area contributed by atoms with Gasteiger partial charge in [-0.1, -0.05) is 12.1 Å². The summed E-state index contributed by atoms with van der Waals surface area (Å²) < 4.78 is 24.5. The molecule has 1 heterocycles. The van der Waals surface area contributed by atoms with Gasteiger partial charge in [0.05, 0.1) is 4.90 Å². The van der Waals surface area contributed by atoms with E-state index in [0.717, 1.165) is 15.3 Å². The fourth-order valence-corrected chi connectivity index (χ4v) is 4.31. The zero-order valence-electron chi connectivity index (χ0n) is 11.6. The molecule has 0 N–H and O–H groups in total. The first-order chi connectivity index (χ1) is 9.29. The van der Waals surface area contributed by atoms with Crippen LogP contribution in [0.4, 0.5) is 0 Å². The standard InChI is InChI=1S/C15H16O3S2/c1-10-5-4-6-13(7-10)20(17,18)9-15(16)14-8-11(2)19-12(14)3/h4-8H,9H2,1-3H3. The maximum atomic E-state index is 12.3. The van der Waals surface area contributed by atoms with Crippen LogP contribution >= 0.6 is 11.3 Å². The summed E-state index contributed by atoms with van der Waals surface area (Å²) in [5.74, 6) is -0.818. The lowest BCUT2D eigenvalue weighted by molar-refractivity contribution is 0.102. The third-order valence-electron chi connectivity index (χ3n) is 3.01. The van der Waals surface area contributed by atoms with Gasteiger partial charge in [0.15, 0.2) is 15.6 Å². The second-order valence-corrected chi connectivity index (χ2v) is 8.28. The van der Waals surface area contributed by atoms with Gasteiger partial charge in [-0.3, -0.25) is 4.79 Å². The number of sulfone groups is 1. The fourth-order valence-electron chi connectivity index (χ4n) is 2.05. The van der Waals surface area contributed by atoms with Gasteiger partial charge in [-0.05, 0) is 44.5 Å². The van der Waals surface area contributed by atoms with Crippen molar-refractivity contribution < 1.29 is 13.2 Å². The second kappa shape index (κ2) is 5.50. The number of carbonyl (C=O) groups excluding carboxylic acids is 1. The molecule has 0 atom stereocenters. The van der Waals surface area contributed by atoms with Gasteiger partial charge in [0, 0.05) is 15.3 Å². The molecule has 0 aliphatic carbocycles. The van der Waals surface area contributed by atoms with Gasteiger partial charge in [0.2, 0.25) is 0 Å². The van der Waals surface area contributed by atoms with E-state index in [1.165, 1.54) is 17.4 Å². The van der Waals surface area contributed by atoms with E-state index in [2.05, 4.69) is 0 Å². The largest absolute Gasteiger partial charge is 0.293 e. The molecule has 0 saturated carbocycles. The number of thiophene rings is 1. The first kappa shape index (κ1) is 14.9. The summed E-state index contributed by atoms with van der Waals surface area (Å²) in [7, 11) is -3.58. The van der Waals surface area contributed by atoms with E-state index < -0.39 is 15.6 Å². The van der Waals surface area contributed by atoms with Gasteiger partial charge >= 0.3 is 0 Å². The normalized spacial score (nSPS) is 11.6. The molecule has 2 aromatic rings. The van der Waals surface area contributed by atoms with Crippen molar-refractivity contribution in [2.75, 3.05) is 5.75 Å². The zero-order valence-corrected chi connectivity index (χ0v) is 13.3. The Morgan fingerprint density at radius 2 is 1.85 bits per heavy atom. The van der Waals surface area contributed by atoms with Crippen LogP contribution < -0.4 is 0 Å².